The second-order valence-corrected chi connectivity index (χ2v) is 6.37. The number of phenols is 1. The van der Waals surface area contributed by atoms with E-state index < -0.39 is 6.04 Å². The number of phenolic OH excluding ortho intramolecular Hbond substituents is 1. The zero-order valence-electron chi connectivity index (χ0n) is 12.6. The van der Waals surface area contributed by atoms with E-state index in [0.29, 0.717) is 16.4 Å². The molecular formula is C17H14N4O2S. The number of aliphatic imine (C=N–C) groups is 1. The first-order valence-corrected chi connectivity index (χ1v) is 8.43. The molecule has 0 fully saturated rings. The number of benzene rings is 2. The van der Waals surface area contributed by atoms with Crippen LogP contribution in [0.3, 0.4) is 0 Å². The number of para-hydroxylation sites is 3. The molecule has 120 valence electrons. The summed E-state index contributed by atoms with van der Waals surface area (Å²) in [6, 6.07) is 14.1. The Labute approximate surface area is 142 Å². The normalized spacial score (nSPS) is 17.0. The highest BCUT2D eigenvalue weighted by Gasteiger charge is 2.27. The number of imidazole rings is 1. The average molecular weight is 338 g/mol. The number of aromatic hydroxyl groups is 1. The molecule has 1 amide bonds. The predicted octanol–water partition coefficient (Wildman–Crippen LogP) is 2.37. The summed E-state index contributed by atoms with van der Waals surface area (Å²) in [5.74, 6) is 0.517. The van der Waals surface area contributed by atoms with Crippen molar-refractivity contribution in [2.45, 2.75) is 6.04 Å². The van der Waals surface area contributed by atoms with Gasteiger partial charge in [0.25, 0.3) is 5.91 Å². The van der Waals surface area contributed by atoms with Crippen LogP contribution in [-0.4, -0.2) is 37.5 Å². The Bertz CT molecular complexity index is 950. The van der Waals surface area contributed by atoms with Crippen molar-refractivity contribution in [3.63, 3.8) is 0 Å². The summed E-state index contributed by atoms with van der Waals surface area (Å²) in [5, 5.41) is 10.6. The van der Waals surface area contributed by atoms with Crippen LogP contribution in [0.15, 0.2) is 59.9 Å². The number of carbonyl (C=O) groups excluding carboxylic acids is 1. The van der Waals surface area contributed by atoms with Gasteiger partial charge in [-0.1, -0.05) is 24.3 Å². The van der Waals surface area contributed by atoms with Gasteiger partial charge < -0.3 is 5.11 Å². The van der Waals surface area contributed by atoms with Crippen molar-refractivity contribution in [2.24, 2.45) is 4.99 Å². The molecule has 1 aliphatic heterocycles. The van der Waals surface area contributed by atoms with E-state index in [1.54, 1.807) is 29.2 Å². The smallest absolute Gasteiger partial charge is 0.264 e. The first kappa shape index (κ1) is 14.8. The maximum atomic E-state index is 12.5. The number of nitrogens with one attached hydrogen (secondary N) is 1. The molecule has 4 rings (SSSR count). The van der Waals surface area contributed by atoms with Crippen LogP contribution >= 0.6 is 11.8 Å². The van der Waals surface area contributed by atoms with E-state index in [2.05, 4.69) is 15.4 Å². The summed E-state index contributed by atoms with van der Waals surface area (Å²) in [6.45, 7) is 0. The van der Waals surface area contributed by atoms with Gasteiger partial charge in [-0.2, -0.15) is 0 Å². The maximum Gasteiger partial charge on any atom is 0.264 e. The van der Waals surface area contributed by atoms with Crippen molar-refractivity contribution in [1.82, 2.24) is 9.66 Å². The molecule has 1 aromatic heterocycles. The lowest BCUT2D eigenvalue weighted by Gasteiger charge is -2.09. The number of hydrogen-bond donors (Lipinski definition) is 2. The average Bonchev–Trinajstić information content (AvgIpc) is 3.23. The molecule has 0 aliphatic carbocycles. The minimum Gasteiger partial charge on any atom is -0.507 e. The van der Waals surface area contributed by atoms with Crippen LogP contribution in [-0.2, 0) is 4.79 Å². The lowest BCUT2D eigenvalue weighted by atomic mass is 10.2. The molecule has 6 nitrogen and oxygen atoms in total. The predicted molar refractivity (Wildman–Crippen MR) is 95.0 cm³/mol. The fourth-order valence-corrected chi connectivity index (χ4v) is 3.62. The Morgan fingerprint density at radius 3 is 2.88 bits per heavy atom. The van der Waals surface area contributed by atoms with Crippen LogP contribution in [0, 0.1) is 0 Å². The first-order chi connectivity index (χ1) is 11.7. The van der Waals surface area contributed by atoms with Crippen LogP contribution in [0.2, 0.25) is 0 Å². The highest BCUT2D eigenvalue weighted by atomic mass is 32.2. The van der Waals surface area contributed by atoms with E-state index in [1.807, 2.05) is 30.3 Å². The monoisotopic (exact) mass is 338 g/mol. The van der Waals surface area contributed by atoms with E-state index >= 15 is 0 Å². The molecule has 0 radical (unpaired) electrons. The third-order valence-corrected chi connectivity index (χ3v) is 4.85. The van der Waals surface area contributed by atoms with Gasteiger partial charge in [0.05, 0.1) is 11.0 Å². The Morgan fingerprint density at radius 2 is 2.00 bits per heavy atom. The number of aromatic nitrogens is 2. The Balaban J connectivity index is 1.54. The van der Waals surface area contributed by atoms with E-state index in [1.165, 1.54) is 11.8 Å². The molecule has 1 aliphatic rings. The summed E-state index contributed by atoms with van der Waals surface area (Å²) in [7, 11) is 0. The zero-order valence-corrected chi connectivity index (χ0v) is 13.4. The van der Waals surface area contributed by atoms with Gasteiger partial charge in [-0.05, 0) is 24.3 Å². The minimum absolute atomic E-state index is 0.172. The highest BCUT2D eigenvalue weighted by Crippen LogP contribution is 2.28. The molecule has 0 bridgehead atoms. The number of fused-ring (bicyclic) bond motifs is 1. The van der Waals surface area contributed by atoms with Crippen molar-refractivity contribution < 1.29 is 9.90 Å². The summed E-state index contributed by atoms with van der Waals surface area (Å²) >= 11 is 1.47. The SMILES string of the molecule is O=C(Nn1cnc2ccccc21)C1CSC(c2ccccc2O)=N1. The Morgan fingerprint density at radius 1 is 1.21 bits per heavy atom. The largest absolute Gasteiger partial charge is 0.507 e. The highest BCUT2D eigenvalue weighted by molar-refractivity contribution is 8.14. The molecule has 0 saturated heterocycles. The van der Waals surface area contributed by atoms with Crippen molar-refractivity contribution >= 4 is 33.7 Å². The molecule has 24 heavy (non-hydrogen) atoms. The Hall–Kier alpha value is -2.80. The van der Waals surface area contributed by atoms with Crippen molar-refractivity contribution in [1.29, 1.82) is 0 Å². The van der Waals surface area contributed by atoms with E-state index in [4.69, 9.17) is 0 Å². The number of carbonyl (C=O) groups is 1. The van der Waals surface area contributed by atoms with Gasteiger partial charge in [0, 0.05) is 11.3 Å². The van der Waals surface area contributed by atoms with Gasteiger partial charge in [0.2, 0.25) is 0 Å². The molecule has 0 saturated carbocycles. The number of hydrogen-bond acceptors (Lipinski definition) is 5. The van der Waals surface area contributed by atoms with Gasteiger partial charge in [0.1, 0.15) is 23.2 Å². The summed E-state index contributed by atoms with van der Waals surface area (Å²) < 4.78 is 1.61. The van der Waals surface area contributed by atoms with Gasteiger partial charge >= 0.3 is 0 Å². The number of rotatable bonds is 3. The second-order valence-electron chi connectivity index (χ2n) is 5.36. The second kappa shape index (κ2) is 6.01. The quantitative estimate of drug-likeness (QED) is 0.768. The fourth-order valence-electron chi connectivity index (χ4n) is 2.55. The summed E-state index contributed by atoms with van der Waals surface area (Å²) in [5.41, 5.74) is 5.14. The molecule has 2 aromatic carbocycles. The molecule has 3 aromatic rings. The number of amides is 1. The van der Waals surface area contributed by atoms with E-state index in [-0.39, 0.29) is 11.7 Å². The molecule has 7 heteroatoms. The van der Waals surface area contributed by atoms with Crippen molar-refractivity contribution in [2.75, 3.05) is 11.2 Å². The molecule has 1 unspecified atom stereocenters. The number of nitrogens with zero attached hydrogens (tertiary/aromatic N) is 3. The van der Waals surface area contributed by atoms with Crippen LogP contribution in [0.1, 0.15) is 5.56 Å². The number of thioether (sulfide) groups is 1. The van der Waals surface area contributed by atoms with Crippen LogP contribution in [0.4, 0.5) is 0 Å². The third kappa shape index (κ3) is 2.63. The Kier molecular flexibility index (Phi) is 3.70. The van der Waals surface area contributed by atoms with Crippen molar-refractivity contribution in [3.8, 4) is 5.75 Å². The fraction of sp³-hybridized carbons (Fsp3) is 0.118. The first-order valence-electron chi connectivity index (χ1n) is 7.44. The lowest BCUT2D eigenvalue weighted by Crippen LogP contribution is -2.32. The summed E-state index contributed by atoms with van der Waals surface area (Å²) in [4.78, 5) is 21.2. The van der Waals surface area contributed by atoms with Crippen LogP contribution < -0.4 is 5.43 Å². The topological polar surface area (TPSA) is 79.5 Å². The lowest BCUT2D eigenvalue weighted by molar-refractivity contribution is -0.117. The third-order valence-electron chi connectivity index (χ3n) is 3.77. The van der Waals surface area contributed by atoms with Gasteiger partial charge in [-0.15, -0.1) is 11.8 Å². The molecular weight excluding hydrogens is 324 g/mol. The zero-order chi connectivity index (χ0) is 16.5. The maximum absolute atomic E-state index is 12.5. The van der Waals surface area contributed by atoms with Gasteiger partial charge in [-0.3, -0.25) is 15.2 Å². The van der Waals surface area contributed by atoms with Gasteiger partial charge in [-0.25, -0.2) is 9.66 Å². The van der Waals surface area contributed by atoms with Crippen molar-refractivity contribution in [3.05, 3.63) is 60.4 Å². The van der Waals surface area contributed by atoms with E-state index in [9.17, 15) is 9.90 Å². The van der Waals surface area contributed by atoms with E-state index in [0.717, 1.165) is 11.0 Å². The molecule has 1 atom stereocenters. The molecule has 2 N–H and O–H groups in total. The standard InChI is InChI=1S/C17H14N4O2S/c22-15-8-4-1-5-11(15)17-19-13(9-24-17)16(23)20-21-10-18-12-6-2-3-7-14(12)21/h1-8,10,13,22H,9H2,(H,20,23). The molecule has 2 heterocycles. The van der Waals surface area contributed by atoms with Crippen LogP contribution in [0.5, 0.6) is 5.75 Å². The molecule has 0 spiro atoms. The van der Waals surface area contributed by atoms with Crippen LogP contribution in [0.25, 0.3) is 11.0 Å². The minimum atomic E-state index is -0.495. The summed E-state index contributed by atoms with van der Waals surface area (Å²) in [6.07, 6.45) is 1.58. The van der Waals surface area contributed by atoms with Gasteiger partial charge in [0.15, 0.2) is 0 Å².